The minimum Gasteiger partial charge on any atom is -0.343 e. The van der Waals surface area contributed by atoms with Crippen molar-refractivity contribution in [3.8, 4) is 0 Å². The van der Waals surface area contributed by atoms with Crippen molar-refractivity contribution in [2.45, 2.75) is 176 Å². The van der Waals surface area contributed by atoms with Gasteiger partial charge in [0.15, 0.2) is 0 Å². The van der Waals surface area contributed by atoms with E-state index in [0.717, 1.165) is 5.56 Å². The molecule has 0 aliphatic carbocycles. The third-order valence-corrected chi connectivity index (χ3v) is 12.2. The maximum absolute atomic E-state index is 14.3. The molecule has 1 aliphatic rings. The smallest absolute Gasteiger partial charge is 0.243 e. The lowest BCUT2D eigenvalue weighted by Gasteiger charge is -2.32. The van der Waals surface area contributed by atoms with Crippen LogP contribution in [0.5, 0.6) is 0 Å². The Morgan fingerprint density at radius 3 is 1.39 bits per heavy atom. The van der Waals surface area contributed by atoms with Crippen LogP contribution in [0.15, 0.2) is 30.3 Å². The number of carbonyl (C=O) groups is 8. The van der Waals surface area contributed by atoms with Gasteiger partial charge in [0, 0.05) is 6.42 Å². The summed E-state index contributed by atoms with van der Waals surface area (Å²) < 4.78 is 0. The molecule has 1 saturated heterocycles. The zero-order valence-corrected chi connectivity index (χ0v) is 40.1. The second-order valence-electron chi connectivity index (χ2n) is 18.4. The van der Waals surface area contributed by atoms with Crippen molar-refractivity contribution < 1.29 is 38.4 Å². The fraction of sp³-hybridized carbons (Fsp3) is 0.702. The van der Waals surface area contributed by atoms with Crippen molar-refractivity contribution in [1.82, 2.24) is 42.5 Å². The molecule has 0 bridgehead atoms. The Bertz CT molecular complexity index is 1710. The van der Waals surface area contributed by atoms with Gasteiger partial charge in [-0.15, -0.1) is 0 Å². The molecule has 2 rings (SSSR count). The Hall–Kier alpha value is -5.06. The highest BCUT2D eigenvalue weighted by Crippen LogP contribution is 2.16. The van der Waals surface area contributed by atoms with Crippen molar-refractivity contribution in [1.29, 1.82) is 0 Å². The second kappa shape index (κ2) is 27.3. The molecule has 64 heavy (non-hydrogen) atoms. The zero-order chi connectivity index (χ0) is 48.3. The van der Waals surface area contributed by atoms with Crippen molar-refractivity contribution >= 4 is 47.3 Å². The fourth-order valence-electron chi connectivity index (χ4n) is 7.36. The molecule has 1 aliphatic heterocycles. The predicted molar refractivity (Wildman–Crippen MR) is 247 cm³/mol. The molecule has 1 aromatic rings. The molecule has 0 spiro atoms. The van der Waals surface area contributed by atoms with E-state index >= 15 is 0 Å². The van der Waals surface area contributed by atoms with Crippen LogP contribution < -0.4 is 48.3 Å². The maximum atomic E-state index is 14.3. The number of hydrogen-bond donors (Lipinski definition) is 9. The summed E-state index contributed by atoms with van der Waals surface area (Å²) in [6.07, 6.45) is 2.87. The normalized spacial score (nSPS) is 26.8. The first-order chi connectivity index (χ1) is 30.2. The summed E-state index contributed by atoms with van der Waals surface area (Å²) >= 11 is 0. The molecule has 0 aromatic heterocycles. The highest BCUT2D eigenvalue weighted by molar-refractivity contribution is 5.99. The van der Waals surface area contributed by atoms with E-state index in [1.165, 1.54) is 6.92 Å². The summed E-state index contributed by atoms with van der Waals surface area (Å²) in [7, 11) is 0. The van der Waals surface area contributed by atoms with Crippen LogP contribution in [0.1, 0.15) is 127 Å². The van der Waals surface area contributed by atoms with E-state index < -0.39 is 119 Å². The van der Waals surface area contributed by atoms with E-state index in [4.69, 9.17) is 5.73 Å². The molecule has 11 atom stereocenters. The quantitative estimate of drug-likeness (QED) is 0.117. The van der Waals surface area contributed by atoms with Crippen LogP contribution in [-0.4, -0.2) is 102 Å². The number of hydrogen-bond acceptors (Lipinski definition) is 9. The number of benzene rings is 1. The van der Waals surface area contributed by atoms with E-state index in [1.807, 2.05) is 40.7 Å². The molecule has 10 N–H and O–H groups in total. The largest absolute Gasteiger partial charge is 0.343 e. The van der Waals surface area contributed by atoms with Crippen molar-refractivity contribution in [3.63, 3.8) is 0 Å². The minimum absolute atomic E-state index is 0.0451. The van der Waals surface area contributed by atoms with Crippen molar-refractivity contribution in [2.24, 2.45) is 35.3 Å². The third kappa shape index (κ3) is 17.1. The zero-order valence-electron chi connectivity index (χ0n) is 40.1. The summed E-state index contributed by atoms with van der Waals surface area (Å²) in [5.41, 5.74) is 6.50. The van der Waals surface area contributed by atoms with Gasteiger partial charge >= 0.3 is 0 Å². The summed E-state index contributed by atoms with van der Waals surface area (Å²) in [5, 5.41) is 22.5. The molecule has 1 fully saturated rings. The number of carbonyl (C=O) groups excluding carboxylic acids is 8. The number of nitrogens with two attached hydrogens (primary N) is 1. The Labute approximate surface area is 380 Å². The molecule has 360 valence electrons. The first-order valence-corrected chi connectivity index (χ1v) is 23.4. The van der Waals surface area contributed by atoms with Crippen molar-refractivity contribution in [2.75, 3.05) is 6.54 Å². The highest BCUT2D eigenvalue weighted by atomic mass is 16.2. The topological polar surface area (TPSA) is 259 Å². The SMILES string of the molecule is CC[C@@H](C)[C@H]1NC(=O)[C@H]([C@@H](C)CC)NC(=O)[C@@H](C)NC(=O)[C@H]([C@@H](C)CC)NC(=O)[C@@H](CC(C)C)NC(=O)[C@@H](Cc2ccccc2)NC(=O)[C@H](C(C)C)NC(=O)[C@H](CCCCN)NC1=O. The van der Waals surface area contributed by atoms with Crippen LogP contribution in [0.25, 0.3) is 0 Å². The first kappa shape index (κ1) is 55.1. The van der Waals surface area contributed by atoms with Gasteiger partial charge in [0.05, 0.1) is 0 Å². The molecule has 0 radical (unpaired) electrons. The monoisotopic (exact) mass is 898 g/mol. The predicted octanol–water partition coefficient (Wildman–Crippen LogP) is 2.11. The molecule has 0 unspecified atom stereocenters. The van der Waals surface area contributed by atoms with E-state index in [2.05, 4.69) is 42.5 Å². The third-order valence-electron chi connectivity index (χ3n) is 12.2. The van der Waals surface area contributed by atoms with Crippen LogP contribution in [0.4, 0.5) is 0 Å². The van der Waals surface area contributed by atoms with Crippen molar-refractivity contribution in [3.05, 3.63) is 35.9 Å². The lowest BCUT2D eigenvalue weighted by Crippen LogP contribution is -2.63. The van der Waals surface area contributed by atoms with Gasteiger partial charge in [-0.25, -0.2) is 0 Å². The van der Waals surface area contributed by atoms with Gasteiger partial charge in [0.2, 0.25) is 47.3 Å². The van der Waals surface area contributed by atoms with E-state index in [-0.39, 0.29) is 25.2 Å². The molecule has 17 heteroatoms. The molecular weight excluding hydrogens is 819 g/mol. The average Bonchev–Trinajstić information content (AvgIpc) is 3.25. The number of nitrogens with one attached hydrogen (secondary N) is 8. The molecule has 17 nitrogen and oxygen atoms in total. The first-order valence-electron chi connectivity index (χ1n) is 23.4. The summed E-state index contributed by atoms with van der Waals surface area (Å²) in [6, 6.07) is -0.0722. The van der Waals surface area contributed by atoms with Crippen LogP contribution in [0.2, 0.25) is 0 Å². The highest BCUT2D eigenvalue weighted by Gasteiger charge is 2.38. The lowest BCUT2D eigenvalue weighted by atomic mass is 9.94. The van der Waals surface area contributed by atoms with Crippen LogP contribution in [-0.2, 0) is 44.8 Å². The van der Waals surface area contributed by atoms with Gasteiger partial charge < -0.3 is 48.3 Å². The molecule has 8 amide bonds. The minimum atomic E-state index is -1.20. The van der Waals surface area contributed by atoms with Crippen LogP contribution in [0, 0.1) is 29.6 Å². The lowest BCUT2D eigenvalue weighted by molar-refractivity contribution is -0.138. The molecule has 0 saturated carbocycles. The van der Waals surface area contributed by atoms with E-state index in [1.54, 1.807) is 58.9 Å². The van der Waals surface area contributed by atoms with Gasteiger partial charge in [-0.3, -0.25) is 38.4 Å². The summed E-state index contributed by atoms with van der Waals surface area (Å²) in [5.74, 6) is -6.88. The Morgan fingerprint density at radius 2 is 0.891 bits per heavy atom. The number of amides is 8. The average molecular weight is 898 g/mol. The Balaban J connectivity index is 2.78. The van der Waals surface area contributed by atoms with Gasteiger partial charge in [-0.1, -0.05) is 119 Å². The number of rotatable bonds is 15. The summed E-state index contributed by atoms with van der Waals surface area (Å²) in [6.45, 7) is 20.0. The second-order valence-corrected chi connectivity index (χ2v) is 18.4. The molecule has 1 aromatic carbocycles. The van der Waals surface area contributed by atoms with Crippen LogP contribution >= 0.6 is 0 Å². The summed E-state index contributed by atoms with van der Waals surface area (Å²) in [4.78, 5) is 113. The van der Waals surface area contributed by atoms with Gasteiger partial charge in [0.25, 0.3) is 0 Å². The maximum Gasteiger partial charge on any atom is 0.243 e. The van der Waals surface area contributed by atoms with Gasteiger partial charge in [-0.2, -0.15) is 0 Å². The van der Waals surface area contributed by atoms with Gasteiger partial charge in [-0.05, 0) is 74.3 Å². The molecule has 1 heterocycles. The number of unbranched alkanes of at least 4 members (excludes halogenated alkanes) is 1. The van der Waals surface area contributed by atoms with Crippen LogP contribution in [0.3, 0.4) is 0 Å². The van der Waals surface area contributed by atoms with E-state index in [0.29, 0.717) is 38.6 Å². The standard InChI is InChI=1S/C47H79N9O8/c1-12-28(8)37-45(62)49-31(11)40(57)54-39(30(10)14-3)47(64)56-38(29(9)13-2)46(63)50-33(22-18-19-23-48)41(58)53-36(27(6)7)44(61)52-35(25-32-20-16-15-17-21-32)42(59)51-34(24-26(4)5)43(60)55-37/h15-17,20-21,26-31,33-39H,12-14,18-19,22-25,48H2,1-11H3,(H,49,62)(H,50,63)(H,51,59)(H,52,61)(H,53,58)(H,54,57)(H,55,60)(H,56,64)/t28-,29+,30-,31+,33-,34+,35+,36-,37-,38+,39-/m0/s1. The Morgan fingerprint density at radius 1 is 0.484 bits per heavy atom. The fourth-order valence-corrected chi connectivity index (χ4v) is 7.36. The Kier molecular flexibility index (Phi) is 23.5. The molecular formula is C47H79N9O8. The van der Waals surface area contributed by atoms with E-state index in [9.17, 15) is 38.4 Å². The van der Waals surface area contributed by atoms with Gasteiger partial charge in [0.1, 0.15) is 48.3 Å².